The molecule has 1 fully saturated rings. The minimum atomic E-state index is -0.0156. The summed E-state index contributed by atoms with van der Waals surface area (Å²) in [6.07, 6.45) is 3.65. The highest BCUT2D eigenvalue weighted by atomic mass is 15.1. The fourth-order valence-electron chi connectivity index (χ4n) is 2.06. The smallest absolute Gasteiger partial charge is 0.223 e. The van der Waals surface area contributed by atoms with Crippen molar-refractivity contribution < 1.29 is 0 Å². The molecule has 1 heterocycles. The fraction of sp³-hybridized carbons (Fsp3) is 0.250. The minimum Gasteiger partial charge on any atom is -0.368 e. The summed E-state index contributed by atoms with van der Waals surface area (Å²) in [4.78, 5) is 12.3. The summed E-state index contributed by atoms with van der Waals surface area (Å²) in [7, 11) is 0. The van der Waals surface area contributed by atoms with Gasteiger partial charge in [0.15, 0.2) is 0 Å². The molecule has 0 aliphatic heterocycles. The van der Waals surface area contributed by atoms with Gasteiger partial charge in [-0.25, -0.2) is 9.97 Å². The van der Waals surface area contributed by atoms with Crippen molar-refractivity contribution in [2.24, 2.45) is 0 Å². The Bertz CT molecular complexity index is 505. The Morgan fingerprint density at radius 3 is 2.44 bits per heavy atom. The Hall–Kier alpha value is -1.97. The molecule has 1 saturated carbocycles. The van der Waals surface area contributed by atoms with Gasteiger partial charge in [0, 0.05) is 0 Å². The number of benzene rings is 1. The lowest BCUT2D eigenvalue weighted by molar-refractivity contribution is 0.745. The molecule has 4 nitrogen and oxygen atoms in total. The third-order valence-electron chi connectivity index (χ3n) is 3.09. The van der Waals surface area contributed by atoms with E-state index in [0.717, 1.165) is 18.7 Å². The van der Waals surface area contributed by atoms with Gasteiger partial charge in [0.25, 0.3) is 0 Å². The van der Waals surface area contributed by atoms with Crippen LogP contribution in [0.15, 0.2) is 36.7 Å². The Kier molecular flexibility index (Phi) is 1.89. The van der Waals surface area contributed by atoms with Gasteiger partial charge in [-0.2, -0.15) is 4.98 Å². The van der Waals surface area contributed by atoms with Crippen molar-refractivity contribution in [1.82, 2.24) is 15.0 Å². The van der Waals surface area contributed by atoms with E-state index < -0.39 is 0 Å². The number of anilines is 1. The summed E-state index contributed by atoms with van der Waals surface area (Å²) in [6, 6.07) is 10.3. The second kappa shape index (κ2) is 3.27. The van der Waals surface area contributed by atoms with Crippen LogP contribution in [0, 0.1) is 0 Å². The molecule has 1 aromatic carbocycles. The van der Waals surface area contributed by atoms with Crippen molar-refractivity contribution in [2.45, 2.75) is 18.3 Å². The maximum absolute atomic E-state index is 5.60. The fourth-order valence-corrected chi connectivity index (χ4v) is 2.06. The van der Waals surface area contributed by atoms with Gasteiger partial charge in [0.2, 0.25) is 5.95 Å². The third-order valence-corrected chi connectivity index (χ3v) is 3.09. The van der Waals surface area contributed by atoms with Crippen molar-refractivity contribution in [2.75, 3.05) is 5.73 Å². The summed E-state index contributed by atoms with van der Waals surface area (Å²) < 4.78 is 0. The van der Waals surface area contributed by atoms with E-state index in [1.165, 1.54) is 11.9 Å². The molecule has 0 bridgehead atoms. The molecule has 80 valence electrons. The number of hydrogen-bond donors (Lipinski definition) is 1. The van der Waals surface area contributed by atoms with Crippen LogP contribution in [0.25, 0.3) is 0 Å². The van der Waals surface area contributed by atoms with E-state index in [0.29, 0.717) is 5.95 Å². The Morgan fingerprint density at radius 2 is 1.81 bits per heavy atom. The van der Waals surface area contributed by atoms with E-state index in [1.54, 1.807) is 0 Å². The van der Waals surface area contributed by atoms with Gasteiger partial charge < -0.3 is 5.73 Å². The monoisotopic (exact) mass is 212 g/mol. The van der Waals surface area contributed by atoms with Crippen molar-refractivity contribution >= 4 is 5.95 Å². The van der Waals surface area contributed by atoms with Gasteiger partial charge in [0.05, 0.1) is 5.41 Å². The van der Waals surface area contributed by atoms with Gasteiger partial charge in [0.1, 0.15) is 12.2 Å². The Balaban J connectivity index is 2.07. The predicted molar refractivity (Wildman–Crippen MR) is 60.7 cm³/mol. The summed E-state index contributed by atoms with van der Waals surface area (Å²) in [5.74, 6) is 1.10. The van der Waals surface area contributed by atoms with Crippen LogP contribution in [0.1, 0.15) is 24.2 Å². The highest BCUT2D eigenvalue weighted by Crippen LogP contribution is 2.51. The molecule has 3 rings (SSSR count). The first-order valence-corrected chi connectivity index (χ1v) is 5.32. The van der Waals surface area contributed by atoms with Gasteiger partial charge >= 0.3 is 0 Å². The normalized spacial score (nSPS) is 17.0. The largest absolute Gasteiger partial charge is 0.368 e. The predicted octanol–water partition coefficient (Wildman–Crippen LogP) is 1.53. The van der Waals surface area contributed by atoms with Crippen LogP contribution in [0.5, 0.6) is 0 Å². The molecule has 0 spiro atoms. The van der Waals surface area contributed by atoms with Crippen LogP contribution in [-0.4, -0.2) is 15.0 Å². The maximum atomic E-state index is 5.60. The molecule has 0 radical (unpaired) electrons. The molecule has 0 atom stereocenters. The van der Waals surface area contributed by atoms with Crippen LogP contribution in [0.3, 0.4) is 0 Å². The number of nitrogens with two attached hydrogens (primary N) is 1. The SMILES string of the molecule is Nc1ncnc(C2(c3ccccc3)CC2)n1. The number of nitrogens with zero attached hydrogens (tertiary/aromatic N) is 3. The van der Waals surface area contributed by atoms with Crippen LogP contribution in [-0.2, 0) is 5.41 Å². The number of rotatable bonds is 2. The van der Waals surface area contributed by atoms with Gasteiger partial charge in [-0.05, 0) is 18.4 Å². The number of nitrogen functional groups attached to an aromatic ring is 1. The molecule has 4 heteroatoms. The number of aromatic nitrogens is 3. The first kappa shape index (κ1) is 9.27. The summed E-state index contributed by atoms with van der Waals surface area (Å²) in [5, 5.41) is 0. The second-order valence-corrected chi connectivity index (χ2v) is 4.12. The molecular formula is C12H12N4. The highest BCUT2D eigenvalue weighted by Gasteiger charge is 2.48. The topological polar surface area (TPSA) is 64.7 Å². The molecule has 2 N–H and O–H groups in total. The first-order chi connectivity index (χ1) is 7.81. The van der Waals surface area contributed by atoms with E-state index in [1.807, 2.05) is 18.2 Å². The second-order valence-electron chi connectivity index (χ2n) is 4.12. The van der Waals surface area contributed by atoms with E-state index in [4.69, 9.17) is 5.73 Å². The maximum Gasteiger partial charge on any atom is 0.223 e. The van der Waals surface area contributed by atoms with E-state index >= 15 is 0 Å². The van der Waals surface area contributed by atoms with Gasteiger partial charge in [-0.3, -0.25) is 0 Å². The minimum absolute atomic E-state index is 0.0156. The average Bonchev–Trinajstić information content (AvgIpc) is 3.11. The Morgan fingerprint density at radius 1 is 1.06 bits per heavy atom. The molecule has 16 heavy (non-hydrogen) atoms. The van der Waals surface area contributed by atoms with Crippen molar-refractivity contribution in [3.8, 4) is 0 Å². The van der Waals surface area contributed by atoms with Crippen LogP contribution in [0.4, 0.5) is 5.95 Å². The van der Waals surface area contributed by atoms with E-state index in [-0.39, 0.29) is 5.41 Å². The van der Waals surface area contributed by atoms with Crippen LogP contribution in [0.2, 0.25) is 0 Å². The molecule has 0 saturated heterocycles. The first-order valence-electron chi connectivity index (χ1n) is 5.32. The number of hydrogen-bond acceptors (Lipinski definition) is 4. The van der Waals surface area contributed by atoms with Crippen molar-refractivity contribution in [3.63, 3.8) is 0 Å². The van der Waals surface area contributed by atoms with Gasteiger partial charge in [-0.1, -0.05) is 30.3 Å². The molecule has 1 aliphatic rings. The zero-order valence-electron chi connectivity index (χ0n) is 8.80. The van der Waals surface area contributed by atoms with Crippen LogP contribution >= 0.6 is 0 Å². The molecule has 2 aromatic rings. The van der Waals surface area contributed by atoms with Crippen LogP contribution < -0.4 is 5.73 Å². The summed E-state index contributed by atoms with van der Waals surface area (Å²) in [5.41, 5.74) is 6.85. The highest BCUT2D eigenvalue weighted by molar-refractivity contribution is 5.39. The summed E-state index contributed by atoms with van der Waals surface area (Å²) >= 11 is 0. The van der Waals surface area contributed by atoms with E-state index in [2.05, 4.69) is 27.1 Å². The average molecular weight is 212 g/mol. The third kappa shape index (κ3) is 1.34. The van der Waals surface area contributed by atoms with Crippen molar-refractivity contribution in [3.05, 3.63) is 48.0 Å². The molecule has 0 unspecified atom stereocenters. The van der Waals surface area contributed by atoms with E-state index in [9.17, 15) is 0 Å². The lowest BCUT2D eigenvalue weighted by Crippen LogP contribution is -2.14. The standard InChI is InChI=1S/C12H12N4/c13-11-15-8-14-10(16-11)12(6-7-12)9-4-2-1-3-5-9/h1-5,8H,6-7H2,(H2,13,14,15,16). The summed E-state index contributed by atoms with van der Waals surface area (Å²) in [6.45, 7) is 0. The quantitative estimate of drug-likeness (QED) is 0.820. The van der Waals surface area contributed by atoms with Crippen molar-refractivity contribution in [1.29, 1.82) is 0 Å². The molecule has 1 aliphatic carbocycles. The molecule has 0 amide bonds. The molecule has 1 aromatic heterocycles. The zero-order chi connectivity index (χ0) is 11.0. The zero-order valence-corrected chi connectivity index (χ0v) is 8.80. The van der Waals surface area contributed by atoms with Gasteiger partial charge in [-0.15, -0.1) is 0 Å². The lowest BCUT2D eigenvalue weighted by atomic mass is 9.95. The molecular weight excluding hydrogens is 200 g/mol. The Labute approximate surface area is 93.6 Å². The lowest BCUT2D eigenvalue weighted by Gasteiger charge is -2.13.